The van der Waals surface area contributed by atoms with Gasteiger partial charge in [-0.2, -0.15) is 0 Å². The molecular formula is C12H21N3OS. The lowest BCUT2D eigenvalue weighted by Gasteiger charge is -2.08. The van der Waals surface area contributed by atoms with E-state index < -0.39 is 10.8 Å². The fourth-order valence-corrected chi connectivity index (χ4v) is 1.95. The molecule has 0 amide bonds. The number of nitrogens with zero attached hydrogens (tertiary/aromatic N) is 1. The van der Waals surface area contributed by atoms with E-state index in [4.69, 9.17) is 0 Å². The summed E-state index contributed by atoms with van der Waals surface area (Å²) in [6.45, 7) is 3.90. The van der Waals surface area contributed by atoms with Crippen LogP contribution < -0.4 is 10.6 Å². The van der Waals surface area contributed by atoms with Crippen molar-refractivity contribution in [2.75, 3.05) is 35.7 Å². The second kappa shape index (κ2) is 8.06. The summed E-state index contributed by atoms with van der Waals surface area (Å²) in [5.74, 6) is 1.65. The molecule has 4 nitrogen and oxygen atoms in total. The Morgan fingerprint density at radius 2 is 2.18 bits per heavy atom. The van der Waals surface area contributed by atoms with E-state index in [-0.39, 0.29) is 0 Å². The summed E-state index contributed by atoms with van der Waals surface area (Å²) < 4.78 is 10.9. The van der Waals surface area contributed by atoms with Gasteiger partial charge in [-0.15, -0.1) is 0 Å². The monoisotopic (exact) mass is 255 g/mol. The van der Waals surface area contributed by atoms with Crippen LogP contribution in [0.3, 0.4) is 0 Å². The molecule has 0 spiro atoms. The van der Waals surface area contributed by atoms with Gasteiger partial charge in [0.05, 0.1) is 0 Å². The number of hydrogen-bond donors (Lipinski definition) is 2. The van der Waals surface area contributed by atoms with Gasteiger partial charge in [0.2, 0.25) is 0 Å². The summed E-state index contributed by atoms with van der Waals surface area (Å²) in [7, 11) is -0.697. The number of pyridine rings is 1. The molecule has 0 aromatic carbocycles. The van der Waals surface area contributed by atoms with Crippen molar-refractivity contribution in [3.63, 3.8) is 0 Å². The van der Waals surface area contributed by atoms with E-state index in [0.29, 0.717) is 0 Å². The van der Waals surface area contributed by atoms with E-state index >= 15 is 0 Å². The van der Waals surface area contributed by atoms with Gasteiger partial charge >= 0.3 is 0 Å². The number of anilines is 2. The highest BCUT2D eigenvalue weighted by molar-refractivity contribution is 7.84. The van der Waals surface area contributed by atoms with E-state index in [1.807, 2.05) is 12.1 Å². The van der Waals surface area contributed by atoms with Crippen molar-refractivity contribution < 1.29 is 4.21 Å². The third kappa shape index (κ3) is 6.26. The van der Waals surface area contributed by atoms with Crippen molar-refractivity contribution in [1.82, 2.24) is 4.98 Å². The van der Waals surface area contributed by atoms with Gasteiger partial charge in [0.1, 0.15) is 5.82 Å². The smallest absolute Gasteiger partial charge is 0.127 e. The predicted molar refractivity (Wildman–Crippen MR) is 75.1 cm³/mol. The van der Waals surface area contributed by atoms with Crippen molar-refractivity contribution in [2.24, 2.45) is 0 Å². The predicted octanol–water partition coefficient (Wildman–Crippen LogP) is 2.08. The second-order valence-corrected chi connectivity index (χ2v) is 5.47. The topological polar surface area (TPSA) is 54.0 Å². The van der Waals surface area contributed by atoms with Gasteiger partial charge in [-0.3, -0.25) is 4.21 Å². The first-order valence-electron chi connectivity index (χ1n) is 5.96. The summed E-state index contributed by atoms with van der Waals surface area (Å²) >= 11 is 0. The van der Waals surface area contributed by atoms with Crippen LogP contribution in [0.25, 0.3) is 0 Å². The van der Waals surface area contributed by atoms with E-state index in [1.54, 1.807) is 12.5 Å². The number of hydrogen-bond acceptors (Lipinski definition) is 4. The second-order valence-electron chi connectivity index (χ2n) is 3.91. The molecule has 0 saturated carbocycles. The van der Waals surface area contributed by atoms with Gasteiger partial charge < -0.3 is 10.6 Å². The Morgan fingerprint density at radius 3 is 2.88 bits per heavy atom. The lowest BCUT2D eigenvalue weighted by molar-refractivity contribution is 0.685. The van der Waals surface area contributed by atoms with Gasteiger partial charge in [-0.05, 0) is 18.9 Å². The molecule has 0 bridgehead atoms. The number of rotatable bonds is 8. The van der Waals surface area contributed by atoms with Crippen LogP contribution in [0.4, 0.5) is 11.5 Å². The first kappa shape index (κ1) is 14.0. The Labute approximate surface area is 106 Å². The summed E-state index contributed by atoms with van der Waals surface area (Å²) in [4.78, 5) is 4.23. The Balaban J connectivity index is 2.34. The van der Waals surface area contributed by atoms with Crippen LogP contribution in [0.5, 0.6) is 0 Å². The molecule has 0 radical (unpaired) electrons. The molecule has 0 aliphatic rings. The normalized spacial score (nSPS) is 12.1. The third-order valence-electron chi connectivity index (χ3n) is 2.25. The highest BCUT2D eigenvalue weighted by Gasteiger charge is 1.96. The molecule has 0 fully saturated rings. The van der Waals surface area contributed by atoms with Gasteiger partial charge in [0.25, 0.3) is 0 Å². The maximum atomic E-state index is 10.9. The zero-order valence-corrected chi connectivity index (χ0v) is 11.3. The van der Waals surface area contributed by atoms with Crippen LogP contribution in [-0.2, 0) is 10.8 Å². The van der Waals surface area contributed by atoms with Crippen LogP contribution in [0, 0.1) is 0 Å². The molecule has 1 heterocycles. The molecule has 5 heteroatoms. The largest absolute Gasteiger partial charge is 0.385 e. The van der Waals surface area contributed by atoms with E-state index in [0.717, 1.165) is 43.2 Å². The minimum atomic E-state index is -0.697. The molecule has 96 valence electrons. The molecule has 2 N–H and O–H groups in total. The summed E-state index contributed by atoms with van der Waals surface area (Å²) in [6, 6.07) is 3.94. The molecule has 1 aromatic heterocycles. The van der Waals surface area contributed by atoms with Gasteiger partial charge in [0, 0.05) is 53.8 Å². The molecule has 0 saturated heterocycles. The SMILES string of the molecule is CCCNc1cc(NCCCS(C)=O)ccn1. The maximum absolute atomic E-state index is 10.9. The fraction of sp³-hybridized carbons (Fsp3) is 0.583. The quantitative estimate of drug-likeness (QED) is 0.698. The van der Waals surface area contributed by atoms with Crippen LogP contribution in [0.1, 0.15) is 19.8 Å². The van der Waals surface area contributed by atoms with E-state index in [1.165, 1.54) is 0 Å². The van der Waals surface area contributed by atoms with Gasteiger partial charge in [0.15, 0.2) is 0 Å². The Hall–Kier alpha value is -1.10. The lowest BCUT2D eigenvalue weighted by atomic mass is 10.3. The summed E-state index contributed by atoms with van der Waals surface area (Å²) in [5.41, 5.74) is 1.06. The van der Waals surface area contributed by atoms with Crippen molar-refractivity contribution in [2.45, 2.75) is 19.8 Å². The third-order valence-corrected chi connectivity index (χ3v) is 3.12. The first-order valence-corrected chi connectivity index (χ1v) is 7.69. The number of nitrogens with one attached hydrogen (secondary N) is 2. The molecular weight excluding hydrogens is 234 g/mol. The minimum absolute atomic E-state index is 0.697. The van der Waals surface area contributed by atoms with Crippen molar-refractivity contribution in [3.8, 4) is 0 Å². The average Bonchev–Trinajstić information content (AvgIpc) is 2.32. The fourth-order valence-electron chi connectivity index (χ4n) is 1.40. The van der Waals surface area contributed by atoms with Crippen LogP contribution in [0.15, 0.2) is 18.3 Å². The molecule has 1 atom stereocenters. The highest BCUT2D eigenvalue weighted by atomic mass is 32.2. The molecule has 0 aliphatic carbocycles. The standard InChI is InChI=1S/C12H21N3OS/c1-3-6-14-12-10-11(5-8-15-12)13-7-4-9-17(2)16/h5,8,10H,3-4,6-7,9H2,1-2H3,(H2,13,14,15). The summed E-state index contributed by atoms with van der Waals surface area (Å²) in [6.07, 6.45) is 5.53. The zero-order valence-electron chi connectivity index (χ0n) is 10.5. The molecule has 17 heavy (non-hydrogen) atoms. The van der Waals surface area contributed by atoms with Crippen molar-refractivity contribution in [1.29, 1.82) is 0 Å². The zero-order chi connectivity index (χ0) is 12.5. The Bertz CT molecular complexity index is 357. The van der Waals surface area contributed by atoms with Gasteiger partial charge in [-0.1, -0.05) is 6.92 Å². The van der Waals surface area contributed by atoms with Crippen LogP contribution in [0.2, 0.25) is 0 Å². The molecule has 0 aliphatic heterocycles. The highest BCUT2D eigenvalue weighted by Crippen LogP contribution is 2.11. The van der Waals surface area contributed by atoms with E-state index in [2.05, 4.69) is 22.5 Å². The van der Waals surface area contributed by atoms with Gasteiger partial charge in [-0.25, -0.2) is 4.98 Å². The van der Waals surface area contributed by atoms with E-state index in [9.17, 15) is 4.21 Å². The average molecular weight is 255 g/mol. The first-order chi connectivity index (χ1) is 8.22. The lowest BCUT2D eigenvalue weighted by Crippen LogP contribution is -2.07. The molecule has 1 aromatic rings. The number of aromatic nitrogens is 1. The van der Waals surface area contributed by atoms with Crippen LogP contribution >= 0.6 is 0 Å². The summed E-state index contributed by atoms with van der Waals surface area (Å²) in [5, 5.41) is 6.55. The molecule has 1 unspecified atom stereocenters. The Morgan fingerprint density at radius 1 is 1.35 bits per heavy atom. The maximum Gasteiger partial charge on any atom is 0.127 e. The Kier molecular flexibility index (Phi) is 6.62. The van der Waals surface area contributed by atoms with Crippen molar-refractivity contribution >= 4 is 22.3 Å². The minimum Gasteiger partial charge on any atom is -0.385 e. The molecule has 1 rings (SSSR count). The van der Waals surface area contributed by atoms with Crippen molar-refractivity contribution in [3.05, 3.63) is 18.3 Å². The van der Waals surface area contributed by atoms with Crippen LogP contribution in [-0.4, -0.2) is 34.3 Å².